The number of carbonyl (C=O) groups excluding carboxylic acids is 1. The number of hydrogen-bond acceptors (Lipinski definition) is 4. The average Bonchev–Trinajstić information content (AvgIpc) is 2.15. The molecule has 0 aliphatic rings. The van der Waals surface area contributed by atoms with E-state index in [2.05, 4.69) is 10.0 Å². The fraction of sp³-hybridized carbons (Fsp3) is 0.909. The van der Waals surface area contributed by atoms with Crippen LogP contribution >= 0.6 is 0 Å². The first-order chi connectivity index (χ1) is 8.03. The van der Waals surface area contributed by atoms with E-state index < -0.39 is 26.9 Å². The van der Waals surface area contributed by atoms with Crippen LogP contribution in [0.1, 0.15) is 41.0 Å². The van der Waals surface area contributed by atoms with Crippen LogP contribution in [0.15, 0.2) is 0 Å². The molecule has 4 N–H and O–H groups in total. The summed E-state index contributed by atoms with van der Waals surface area (Å²) in [5.74, 6) is -0.349. The SMILES string of the molecule is CCC(CN)S(=O)(=O)NC(C)C(=O)NC(C)(C)C. The minimum atomic E-state index is -3.56. The van der Waals surface area contributed by atoms with Gasteiger partial charge in [-0.2, -0.15) is 0 Å². The van der Waals surface area contributed by atoms with Gasteiger partial charge < -0.3 is 11.1 Å². The Morgan fingerprint density at radius 2 is 1.83 bits per heavy atom. The number of hydrogen-bond donors (Lipinski definition) is 3. The first kappa shape index (κ1) is 17.3. The van der Waals surface area contributed by atoms with Crippen molar-refractivity contribution in [3.05, 3.63) is 0 Å². The smallest absolute Gasteiger partial charge is 0.238 e. The van der Waals surface area contributed by atoms with Crippen LogP contribution in [-0.4, -0.2) is 37.7 Å². The number of amides is 1. The molecule has 0 aliphatic heterocycles. The number of nitrogens with one attached hydrogen (secondary N) is 2. The molecule has 1 amide bonds. The average molecular weight is 279 g/mol. The van der Waals surface area contributed by atoms with Crippen molar-refractivity contribution in [2.75, 3.05) is 6.54 Å². The third-order valence-corrected chi connectivity index (χ3v) is 4.48. The van der Waals surface area contributed by atoms with Crippen molar-refractivity contribution < 1.29 is 13.2 Å². The van der Waals surface area contributed by atoms with Crippen molar-refractivity contribution in [2.45, 2.75) is 57.9 Å². The maximum Gasteiger partial charge on any atom is 0.238 e. The van der Waals surface area contributed by atoms with Crippen LogP contribution in [0.5, 0.6) is 0 Å². The Balaban J connectivity index is 4.66. The van der Waals surface area contributed by atoms with Crippen molar-refractivity contribution in [2.24, 2.45) is 5.73 Å². The highest BCUT2D eigenvalue weighted by molar-refractivity contribution is 7.90. The molecule has 0 bridgehead atoms. The highest BCUT2D eigenvalue weighted by atomic mass is 32.2. The lowest BCUT2D eigenvalue weighted by Gasteiger charge is -2.24. The van der Waals surface area contributed by atoms with Crippen LogP contribution < -0.4 is 15.8 Å². The fourth-order valence-corrected chi connectivity index (χ4v) is 2.87. The normalized spacial score (nSPS) is 16.1. The highest BCUT2D eigenvalue weighted by Gasteiger charge is 2.28. The van der Waals surface area contributed by atoms with E-state index in [4.69, 9.17) is 5.73 Å². The molecule has 2 unspecified atom stereocenters. The lowest BCUT2D eigenvalue weighted by atomic mass is 10.1. The summed E-state index contributed by atoms with van der Waals surface area (Å²) in [5, 5.41) is 2.05. The van der Waals surface area contributed by atoms with Gasteiger partial charge in [0, 0.05) is 12.1 Å². The molecule has 7 heteroatoms. The van der Waals surface area contributed by atoms with Gasteiger partial charge in [0.1, 0.15) is 0 Å². The third-order valence-electron chi connectivity index (χ3n) is 2.39. The molecule has 0 rings (SSSR count). The Morgan fingerprint density at radius 1 is 1.33 bits per heavy atom. The lowest BCUT2D eigenvalue weighted by Crippen LogP contribution is -2.52. The quantitative estimate of drug-likeness (QED) is 0.634. The molecule has 0 aromatic rings. The Labute approximate surface area is 110 Å². The number of rotatable bonds is 6. The van der Waals surface area contributed by atoms with Crippen LogP contribution in [0.2, 0.25) is 0 Å². The zero-order valence-electron chi connectivity index (χ0n) is 11.8. The molecule has 0 saturated carbocycles. The first-order valence-electron chi connectivity index (χ1n) is 6.06. The van der Waals surface area contributed by atoms with E-state index in [0.29, 0.717) is 6.42 Å². The minimum absolute atomic E-state index is 0.0411. The molecule has 0 fully saturated rings. The van der Waals surface area contributed by atoms with Crippen molar-refractivity contribution in [3.63, 3.8) is 0 Å². The molecule has 2 atom stereocenters. The molecule has 0 aliphatic carbocycles. The summed E-state index contributed by atoms with van der Waals surface area (Å²) in [4.78, 5) is 11.8. The van der Waals surface area contributed by atoms with Crippen molar-refractivity contribution in [3.8, 4) is 0 Å². The van der Waals surface area contributed by atoms with Crippen LogP contribution in [0.25, 0.3) is 0 Å². The molecule has 0 spiro atoms. The second-order valence-corrected chi connectivity index (χ2v) is 7.38. The largest absolute Gasteiger partial charge is 0.350 e. The van der Waals surface area contributed by atoms with Crippen molar-refractivity contribution in [1.82, 2.24) is 10.0 Å². The molecular weight excluding hydrogens is 254 g/mol. The maximum atomic E-state index is 11.9. The van der Waals surface area contributed by atoms with E-state index in [0.717, 1.165) is 0 Å². The zero-order chi connectivity index (χ0) is 14.6. The van der Waals surface area contributed by atoms with E-state index in [1.807, 2.05) is 20.8 Å². The predicted molar refractivity (Wildman–Crippen MR) is 72.5 cm³/mol. The molecule has 108 valence electrons. The lowest BCUT2D eigenvalue weighted by molar-refractivity contribution is -0.123. The molecule has 0 saturated heterocycles. The van der Waals surface area contributed by atoms with Gasteiger partial charge in [0.25, 0.3) is 0 Å². The van der Waals surface area contributed by atoms with Gasteiger partial charge in [-0.05, 0) is 34.1 Å². The van der Waals surface area contributed by atoms with E-state index in [1.54, 1.807) is 6.92 Å². The highest BCUT2D eigenvalue weighted by Crippen LogP contribution is 2.05. The van der Waals surface area contributed by atoms with E-state index in [-0.39, 0.29) is 12.5 Å². The van der Waals surface area contributed by atoms with E-state index in [9.17, 15) is 13.2 Å². The Morgan fingerprint density at radius 3 is 2.17 bits per heavy atom. The molecule has 6 nitrogen and oxygen atoms in total. The van der Waals surface area contributed by atoms with Crippen LogP contribution in [0.4, 0.5) is 0 Å². The third kappa shape index (κ3) is 5.79. The van der Waals surface area contributed by atoms with Crippen LogP contribution in [0.3, 0.4) is 0 Å². The number of nitrogens with two attached hydrogens (primary N) is 1. The van der Waals surface area contributed by atoms with Gasteiger partial charge in [0.05, 0.1) is 11.3 Å². The Kier molecular flexibility index (Phi) is 6.25. The topological polar surface area (TPSA) is 101 Å². The van der Waals surface area contributed by atoms with Gasteiger partial charge in [0.2, 0.25) is 15.9 Å². The second kappa shape index (κ2) is 6.49. The number of carbonyl (C=O) groups is 1. The first-order valence-corrected chi connectivity index (χ1v) is 7.61. The summed E-state index contributed by atoms with van der Waals surface area (Å²) in [6.07, 6.45) is 0.416. The standard InChI is InChI=1S/C11H25N3O3S/c1-6-9(7-12)18(16,17)14-8(2)10(15)13-11(3,4)5/h8-9,14H,6-7,12H2,1-5H3,(H,13,15). The summed E-state index contributed by atoms with van der Waals surface area (Å²) in [7, 11) is -3.56. The summed E-state index contributed by atoms with van der Waals surface area (Å²) in [5.41, 5.74) is 5.01. The monoisotopic (exact) mass is 279 g/mol. The maximum absolute atomic E-state index is 11.9. The van der Waals surface area contributed by atoms with Gasteiger partial charge in [-0.25, -0.2) is 13.1 Å². The van der Waals surface area contributed by atoms with E-state index >= 15 is 0 Å². The summed E-state index contributed by atoms with van der Waals surface area (Å²) in [6, 6.07) is -0.810. The molecule has 0 aromatic heterocycles. The summed E-state index contributed by atoms with van der Waals surface area (Å²) < 4.78 is 26.2. The molecule has 0 heterocycles. The summed E-state index contributed by atoms with van der Waals surface area (Å²) in [6.45, 7) is 8.81. The van der Waals surface area contributed by atoms with Crippen LogP contribution in [0, 0.1) is 0 Å². The molecular formula is C11H25N3O3S. The zero-order valence-corrected chi connectivity index (χ0v) is 12.6. The molecule has 18 heavy (non-hydrogen) atoms. The summed E-state index contributed by atoms with van der Waals surface area (Å²) >= 11 is 0. The van der Waals surface area contributed by atoms with Gasteiger partial charge in [-0.15, -0.1) is 0 Å². The molecule has 0 radical (unpaired) electrons. The van der Waals surface area contributed by atoms with Crippen molar-refractivity contribution in [1.29, 1.82) is 0 Å². The number of sulfonamides is 1. The molecule has 0 aromatic carbocycles. The minimum Gasteiger partial charge on any atom is -0.350 e. The van der Waals surface area contributed by atoms with Gasteiger partial charge in [0.15, 0.2) is 0 Å². The van der Waals surface area contributed by atoms with E-state index in [1.165, 1.54) is 6.92 Å². The van der Waals surface area contributed by atoms with Gasteiger partial charge in [-0.3, -0.25) is 4.79 Å². The van der Waals surface area contributed by atoms with Crippen molar-refractivity contribution >= 4 is 15.9 Å². The second-order valence-electron chi connectivity index (χ2n) is 5.39. The Bertz CT molecular complexity index is 369. The Hall–Kier alpha value is -0.660. The van der Waals surface area contributed by atoms with Crippen LogP contribution in [-0.2, 0) is 14.8 Å². The fourth-order valence-electron chi connectivity index (χ4n) is 1.39. The van der Waals surface area contributed by atoms with Gasteiger partial charge in [-0.1, -0.05) is 6.92 Å². The van der Waals surface area contributed by atoms with Gasteiger partial charge >= 0.3 is 0 Å². The predicted octanol–water partition coefficient (Wildman–Crippen LogP) is -0.0537.